The number of nitrogens with two attached hydrogens (primary N) is 1. The van der Waals surface area contributed by atoms with Crippen molar-refractivity contribution in [3.8, 4) is 0 Å². The Bertz CT molecular complexity index is 608. The van der Waals surface area contributed by atoms with Crippen LogP contribution in [0, 0.1) is 11.6 Å². The van der Waals surface area contributed by atoms with Crippen molar-refractivity contribution < 1.29 is 17.2 Å². The van der Waals surface area contributed by atoms with E-state index in [0.717, 1.165) is 31.6 Å². The molecule has 1 aromatic rings. The fraction of sp³-hybridized carbons (Fsp3) is 0.571. The molecule has 6 heteroatoms. The number of sulfone groups is 1. The Hall–Kier alpha value is -1.01. The van der Waals surface area contributed by atoms with Gasteiger partial charge in [0.2, 0.25) is 0 Å². The summed E-state index contributed by atoms with van der Waals surface area (Å²) in [6, 6.07) is 1.99. The van der Waals surface area contributed by atoms with Gasteiger partial charge < -0.3 is 5.73 Å². The van der Waals surface area contributed by atoms with E-state index in [2.05, 4.69) is 0 Å². The molecule has 0 aliphatic heterocycles. The summed E-state index contributed by atoms with van der Waals surface area (Å²) < 4.78 is 51.1. The van der Waals surface area contributed by atoms with Gasteiger partial charge in [-0.15, -0.1) is 0 Å². The van der Waals surface area contributed by atoms with Gasteiger partial charge in [0.25, 0.3) is 0 Å². The van der Waals surface area contributed by atoms with Crippen LogP contribution >= 0.6 is 0 Å². The molecule has 112 valence electrons. The van der Waals surface area contributed by atoms with E-state index in [9.17, 15) is 17.2 Å². The van der Waals surface area contributed by atoms with Crippen LogP contribution in [0.4, 0.5) is 8.78 Å². The van der Waals surface area contributed by atoms with Crippen LogP contribution in [0.5, 0.6) is 0 Å². The van der Waals surface area contributed by atoms with Crippen LogP contribution in [-0.2, 0) is 15.3 Å². The van der Waals surface area contributed by atoms with Crippen LogP contribution in [0.2, 0.25) is 0 Å². The Morgan fingerprint density at radius 3 is 2.30 bits per heavy atom. The van der Waals surface area contributed by atoms with Gasteiger partial charge in [0.15, 0.2) is 21.5 Å². The molecule has 0 radical (unpaired) electrons. The maximum absolute atomic E-state index is 14.2. The largest absolute Gasteiger partial charge is 0.330 e. The summed E-state index contributed by atoms with van der Waals surface area (Å²) in [5, 5.41) is 0. The van der Waals surface area contributed by atoms with Gasteiger partial charge in [0.05, 0.1) is 4.90 Å². The molecule has 20 heavy (non-hydrogen) atoms. The van der Waals surface area contributed by atoms with Gasteiger partial charge in [-0.25, -0.2) is 17.2 Å². The molecular weight excluding hydrogens is 284 g/mol. The number of rotatable bonds is 3. The van der Waals surface area contributed by atoms with E-state index in [1.807, 2.05) is 0 Å². The standard InChI is InChI=1S/C14H19F2NO2S/c1-20(18,19)10-7-11(13(16)12(15)8-10)14(9-17)5-3-2-4-6-14/h7-8H,2-6,9,17H2,1H3. The van der Waals surface area contributed by atoms with Crippen molar-refractivity contribution in [1.29, 1.82) is 0 Å². The predicted molar refractivity (Wildman–Crippen MR) is 73.3 cm³/mol. The molecule has 0 atom stereocenters. The highest BCUT2D eigenvalue weighted by atomic mass is 32.2. The SMILES string of the molecule is CS(=O)(=O)c1cc(F)c(F)c(C2(CN)CCCCC2)c1. The molecule has 0 spiro atoms. The van der Waals surface area contributed by atoms with Crippen molar-refractivity contribution in [2.24, 2.45) is 5.73 Å². The van der Waals surface area contributed by atoms with Gasteiger partial charge in [-0.05, 0) is 30.5 Å². The molecule has 0 saturated heterocycles. The van der Waals surface area contributed by atoms with E-state index in [0.29, 0.717) is 12.8 Å². The fourth-order valence-corrected chi connectivity index (χ4v) is 3.63. The monoisotopic (exact) mass is 303 g/mol. The summed E-state index contributed by atoms with van der Waals surface area (Å²) in [4.78, 5) is -0.190. The maximum atomic E-state index is 14.2. The molecule has 0 bridgehead atoms. The number of benzene rings is 1. The zero-order valence-electron chi connectivity index (χ0n) is 11.5. The highest BCUT2D eigenvalue weighted by Gasteiger charge is 2.36. The van der Waals surface area contributed by atoms with Crippen molar-refractivity contribution >= 4 is 9.84 Å². The molecule has 1 aliphatic carbocycles. The van der Waals surface area contributed by atoms with Crippen molar-refractivity contribution in [3.05, 3.63) is 29.3 Å². The normalized spacial score (nSPS) is 19.0. The van der Waals surface area contributed by atoms with Gasteiger partial charge in [-0.3, -0.25) is 0 Å². The zero-order valence-corrected chi connectivity index (χ0v) is 12.3. The van der Waals surface area contributed by atoms with Crippen LogP contribution < -0.4 is 5.73 Å². The lowest BCUT2D eigenvalue weighted by Gasteiger charge is -2.37. The highest BCUT2D eigenvalue weighted by molar-refractivity contribution is 7.90. The molecule has 0 amide bonds. The Balaban J connectivity index is 2.63. The van der Waals surface area contributed by atoms with E-state index in [-0.39, 0.29) is 17.0 Å². The molecule has 0 heterocycles. The molecule has 2 rings (SSSR count). The van der Waals surface area contributed by atoms with E-state index in [4.69, 9.17) is 5.73 Å². The quantitative estimate of drug-likeness (QED) is 0.873. The zero-order chi connectivity index (χ0) is 15.0. The van der Waals surface area contributed by atoms with Crippen molar-refractivity contribution in [2.75, 3.05) is 12.8 Å². The Labute approximate surface area is 118 Å². The second kappa shape index (κ2) is 5.41. The van der Waals surface area contributed by atoms with Crippen molar-refractivity contribution in [3.63, 3.8) is 0 Å². The maximum Gasteiger partial charge on any atom is 0.175 e. The van der Waals surface area contributed by atoms with E-state index >= 15 is 0 Å². The van der Waals surface area contributed by atoms with Gasteiger partial charge in [-0.2, -0.15) is 0 Å². The minimum atomic E-state index is -3.59. The average Bonchev–Trinajstić information content (AvgIpc) is 2.41. The summed E-state index contributed by atoms with van der Waals surface area (Å²) in [7, 11) is -3.59. The summed E-state index contributed by atoms with van der Waals surface area (Å²) in [5.74, 6) is -2.09. The first kappa shape index (κ1) is 15.4. The van der Waals surface area contributed by atoms with Gasteiger partial charge in [-0.1, -0.05) is 19.3 Å². The topological polar surface area (TPSA) is 60.2 Å². The summed E-state index contributed by atoms with van der Waals surface area (Å²) in [6.45, 7) is 0.191. The first-order valence-corrected chi connectivity index (χ1v) is 8.59. The second-order valence-electron chi connectivity index (χ2n) is 5.58. The lowest BCUT2D eigenvalue weighted by atomic mass is 9.69. The number of hydrogen-bond acceptors (Lipinski definition) is 3. The molecule has 1 aliphatic rings. The van der Waals surface area contributed by atoms with E-state index < -0.39 is 26.9 Å². The minimum Gasteiger partial charge on any atom is -0.330 e. The molecule has 0 aromatic heterocycles. The molecule has 0 unspecified atom stereocenters. The first-order chi connectivity index (χ1) is 9.30. The fourth-order valence-electron chi connectivity index (χ4n) is 2.98. The molecule has 1 fully saturated rings. The lowest BCUT2D eigenvalue weighted by molar-refractivity contribution is 0.287. The first-order valence-electron chi connectivity index (χ1n) is 6.70. The number of hydrogen-bond donors (Lipinski definition) is 1. The smallest absolute Gasteiger partial charge is 0.175 e. The third kappa shape index (κ3) is 2.72. The molecule has 3 nitrogen and oxygen atoms in total. The summed E-state index contributed by atoms with van der Waals surface area (Å²) >= 11 is 0. The van der Waals surface area contributed by atoms with Crippen LogP contribution in [0.1, 0.15) is 37.7 Å². The van der Waals surface area contributed by atoms with Gasteiger partial charge >= 0.3 is 0 Å². The molecule has 1 saturated carbocycles. The third-order valence-electron chi connectivity index (χ3n) is 4.20. The van der Waals surface area contributed by atoms with E-state index in [1.54, 1.807) is 0 Å². The Morgan fingerprint density at radius 1 is 1.20 bits per heavy atom. The average molecular weight is 303 g/mol. The van der Waals surface area contributed by atoms with Crippen LogP contribution in [0.15, 0.2) is 17.0 Å². The molecule has 1 aromatic carbocycles. The minimum absolute atomic E-state index is 0.111. The van der Waals surface area contributed by atoms with Crippen LogP contribution in [0.25, 0.3) is 0 Å². The lowest BCUT2D eigenvalue weighted by Crippen LogP contribution is -2.38. The predicted octanol–water partition coefficient (Wildman–Crippen LogP) is 2.53. The molecular formula is C14H19F2NO2S. The third-order valence-corrected chi connectivity index (χ3v) is 5.29. The Kier molecular flexibility index (Phi) is 4.16. The van der Waals surface area contributed by atoms with Crippen molar-refractivity contribution in [2.45, 2.75) is 42.4 Å². The molecule has 2 N–H and O–H groups in total. The van der Waals surface area contributed by atoms with Crippen LogP contribution in [0.3, 0.4) is 0 Å². The van der Waals surface area contributed by atoms with Crippen molar-refractivity contribution in [1.82, 2.24) is 0 Å². The second-order valence-corrected chi connectivity index (χ2v) is 7.60. The van der Waals surface area contributed by atoms with Gasteiger partial charge in [0, 0.05) is 18.2 Å². The Morgan fingerprint density at radius 2 is 1.80 bits per heavy atom. The highest BCUT2D eigenvalue weighted by Crippen LogP contribution is 2.41. The van der Waals surface area contributed by atoms with Crippen LogP contribution in [-0.4, -0.2) is 21.2 Å². The summed E-state index contributed by atoms with van der Waals surface area (Å²) in [6.07, 6.45) is 5.12. The van der Waals surface area contributed by atoms with E-state index in [1.165, 1.54) is 6.07 Å². The summed E-state index contributed by atoms with van der Waals surface area (Å²) in [5.41, 5.74) is 5.27. The van der Waals surface area contributed by atoms with Gasteiger partial charge in [0.1, 0.15) is 0 Å². The number of halogens is 2.